The van der Waals surface area contributed by atoms with Crippen LogP contribution in [0, 0.1) is 0 Å². The second-order valence-electron chi connectivity index (χ2n) is 2.85. The minimum Gasteiger partial charge on any atom is -0.290 e. The second kappa shape index (κ2) is 2.82. The predicted molar refractivity (Wildman–Crippen MR) is 49.5 cm³/mol. The molecule has 13 heavy (non-hydrogen) atoms. The van der Waals surface area contributed by atoms with Crippen LogP contribution in [-0.4, -0.2) is 11.6 Å². The molecule has 0 spiro atoms. The Kier molecular flexibility index (Phi) is 1.90. The van der Waals surface area contributed by atoms with Gasteiger partial charge in [0.2, 0.25) is 11.6 Å². The number of halogens is 2. The van der Waals surface area contributed by atoms with Crippen LogP contribution in [0.15, 0.2) is 12.1 Å². The summed E-state index contributed by atoms with van der Waals surface area (Å²) in [6, 6.07) is 3.07. The maximum absolute atomic E-state index is 11.3. The maximum atomic E-state index is 11.3. The van der Waals surface area contributed by atoms with Crippen molar-refractivity contribution >= 4 is 34.8 Å². The van der Waals surface area contributed by atoms with Crippen molar-refractivity contribution in [1.29, 1.82) is 0 Å². The summed E-state index contributed by atoms with van der Waals surface area (Å²) in [5.41, 5.74) is 0.948. The fraction of sp³-hybridized carbons (Fsp3) is 0.111. The van der Waals surface area contributed by atoms with Crippen molar-refractivity contribution in [3.05, 3.63) is 33.3 Å². The first kappa shape index (κ1) is 8.73. The van der Waals surface area contributed by atoms with Gasteiger partial charge in [-0.25, -0.2) is 0 Å². The lowest BCUT2D eigenvalue weighted by molar-refractivity contribution is -0.114. The minimum absolute atomic E-state index is 0.119. The van der Waals surface area contributed by atoms with E-state index in [0.717, 1.165) is 0 Å². The highest BCUT2D eigenvalue weighted by molar-refractivity contribution is 6.51. The first-order valence-corrected chi connectivity index (χ1v) is 4.40. The number of rotatable bonds is 0. The largest absolute Gasteiger partial charge is 0.290 e. The van der Waals surface area contributed by atoms with Crippen molar-refractivity contribution in [2.24, 2.45) is 0 Å². The van der Waals surface area contributed by atoms with Gasteiger partial charge in [-0.3, -0.25) is 9.59 Å². The smallest absolute Gasteiger partial charge is 0.230 e. The van der Waals surface area contributed by atoms with Gasteiger partial charge >= 0.3 is 0 Å². The van der Waals surface area contributed by atoms with E-state index in [2.05, 4.69) is 0 Å². The first-order valence-electron chi connectivity index (χ1n) is 3.65. The summed E-state index contributed by atoms with van der Waals surface area (Å²) in [7, 11) is 0. The Morgan fingerprint density at radius 1 is 1.15 bits per heavy atom. The fourth-order valence-corrected chi connectivity index (χ4v) is 2.03. The summed E-state index contributed by atoms with van der Waals surface area (Å²) in [5.74, 6) is -0.921. The average Bonchev–Trinajstić information content (AvgIpc) is 2.27. The molecule has 1 aromatic carbocycles. The van der Waals surface area contributed by atoms with E-state index < -0.39 is 11.6 Å². The summed E-state index contributed by atoms with van der Waals surface area (Å²) in [4.78, 5) is 22.3. The summed E-state index contributed by atoms with van der Waals surface area (Å²) < 4.78 is 0. The number of ketones is 2. The van der Waals surface area contributed by atoms with E-state index in [1.165, 1.54) is 6.07 Å². The third-order valence-corrected chi connectivity index (χ3v) is 2.48. The zero-order chi connectivity index (χ0) is 9.59. The number of carbonyl (C=O) groups excluding carboxylic acids is 2. The maximum Gasteiger partial charge on any atom is 0.230 e. The highest BCUT2D eigenvalue weighted by Crippen LogP contribution is 2.30. The van der Waals surface area contributed by atoms with Crippen LogP contribution in [0.5, 0.6) is 0 Å². The van der Waals surface area contributed by atoms with Crippen LogP contribution in [-0.2, 0) is 11.2 Å². The van der Waals surface area contributed by atoms with Gasteiger partial charge in [0.1, 0.15) is 0 Å². The van der Waals surface area contributed by atoms with Crippen molar-refractivity contribution in [3.63, 3.8) is 0 Å². The molecule has 1 aliphatic carbocycles. The number of Topliss-reactive ketones (excluding diaryl/α,β-unsaturated/α-hetero) is 2. The highest BCUT2D eigenvalue weighted by atomic mass is 35.5. The molecule has 0 saturated heterocycles. The molecule has 0 fully saturated rings. The Bertz CT molecular complexity index is 424. The Hall–Kier alpha value is -0.860. The van der Waals surface area contributed by atoms with Crippen molar-refractivity contribution in [3.8, 4) is 0 Å². The molecule has 0 atom stereocenters. The molecule has 0 amide bonds. The van der Waals surface area contributed by atoms with Crippen LogP contribution >= 0.6 is 23.2 Å². The van der Waals surface area contributed by atoms with Gasteiger partial charge < -0.3 is 0 Å². The third-order valence-electron chi connectivity index (χ3n) is 1.97. The lowest BCUT2D eigenvalue weighted by Gasteiger charge is -1.99. The van der Waals surface area contributed by atoms with Crippen LogP contribution in [0.4, 0.5) is 0 Å². The topological polar surface area (TPSA) is 34.1 Å². The zero-order valence-electron chi connectivity index (χ0n) is 6.43. The molecule has 2 rings (SSSR count). The number of hydrogen-bond acceptors (Lipinski definition) is 2. The molecule has 0 bridgehead atoms. The Labute approximate surface area is 84.4 Å². The molecule has 1 aromatic rings. The minimum atomic E-state index is -0.503. The molecule has 2 nitrogen and oxygen atoms in total. The van der Waals surface area contributed by atoms with Gasteiger partial charge in [0.15, 0.2) is 0 Å². The van der Waals surface area contributed by atoms with Gasteiger partial charge in [0.25, 0.3) is 0 Å². The SMILES string of the molecule is O=C1Cc2cc(Cl)cc(Cl)c2C1=O. The molecule has 0 unspecified atom stereocenters. The van der Waals surface area contributed by atoms with E-state index in [1.807, 2.05) is 0 Å². The molecule has 0 saturated carbocycles. The molecule has 0 N–H and O–H groups in total. The lowest BCUT2D eigenvalue weighted by Crippen LogP contribution is -2.06. The molecular formula is C9H4Cl2O2. The predicted octanol–water partition coefficient (Wildman–Crippen LogP) is 2.30. The second-order valence-corrected chi connectivity index (χ2v) is 3.69. The van der Waals surface area contributed by atoms with E-state index in [-0.39, 0.29) is 11.4 Å². The van der Waals surface area contributed by atoms with Gasteiger partial charge in [0, 0.05) is 17.0 Å². The molecular weight excluding hydrogens is 211 g/mol. The molecule has 1 aliphatic rings. The number of benzene rings is 1. The molecule has 0 radical (unpaired) electrons. The standard InChI is InChI=1S/C9H4Cl2O2/c10-5-1-4-2-7(12)9(13)8(4)6(11)3-5/h1,3H,2H2. The van der Waals surface area contributed by atoms with Crippen LogP contribution in [0.3, 0.4) is 0 Å². The van der Waals surface area contributed by atoms with Crippen LogP contribution < -0.4 is 0 Å². The van der Waals surface area contributed by atoms with Crippen LogP contribution in [0.2, 0.25) is 10.0 Å². The zero-order valence-corrected chi connectivity index (χ0v) is 7.95. The van der Waals surface area contributed by atoms with Gasteiger partial charge in [-0.1, -0.05) is 23.2 Å². The first-order chi connectivity index (χ1) is 6.09. The third kappa shape index (κ3) is 1.26. The Morgan fingerprint density at radius 2 is 1.85 bits per heavy atom. The van der Waals surface area contributed by atoms with Crippen LogP contribution in [0.1, 0.15) is 15.9 Å². The van der Waals surface area contributed by atoms with E-state index in [0.29, 0.717) is 16.1 Å². The monoisotopic (exact) mass is 214 g/mol. The average molecular weight is 215 g/mol. The van der Waals surface area contributed by atoms with Crippen molar-refractivity contribution in [2.75, 3.05) is 0 Å². The quantitative estimate of drug-likeness (QED) is 0.622. The Morgan fingerprint density at radius 3 is 2.54 bits per heavy atom. The normalized spacial score (nSPS) is 14.9. The Balaban J connectivity index is 2.71. The van der Waals surface area contributed by atoms with Gasteiger partial charge in [-0.05, 0) is 17.7 Å². The number of fused-ring (bicyclic) bond motifs is 1. The van der Waals surface area contributed by atoms with E-state index in [1.54, 1.807) is 6.07 Å². The highest BCUT2D eigenvalue weighted by Gasteiger charge is 2.30. The summed E-state index contributed by atoms with van der Waals surface area (Å²) >= 11 is 11.5. The van der Waals surface area contributed by atoms with Crippen LogP contribution in [0.25, 0.3) is 0 Å². The molecule has 4 heteroatoms. The van der Waals surface area contributed by atoms with E-state index >= 15 is 0 Å². The van der Waals surface area contributed by atoms with E-state index in [9.17, 15) is 9.59 Å². The van der Waals surface area contributed by atoms with Gasteiger partial charge in [-0.15, -0.1) is 0 Å². The molecule has 0 heterocycles. The van der Waals surface area contributed by atoms with E-state index in [4.69, 9.17) is 23.2 Å². The van der Waals surface area contributed by atoms with Crippen molar-refractivity contribution in [2.45, 2.75) is 6.42 Å². The number of carbonyl (C=O) groups is 2. The fourth-order valence-electron chi connectivity index (χ4n) is 1.41. The summed E-state index contributed by atoms with van der Waals surface area (Å²) in [5, 5.41) is 0.713. The summed E-state index contributed by atoms with van der Waals surface area (Å²) in [6.45, 7) is 0. The summed E-state index contributed by atoms with van der Waals surface area (Å²) in [6.07, 6.45) is 0.119. The number of hydrogen-bond donors (Lipinski definition) is 0. The molecule has 0 aromatic heterocycles. The van der Waals surface area contributed by atoms with Crippen molar-refractivity contribution < 1.29 is 9.59 Å². The molecule has 66 valence electrons. The molecule has 0 aliphatic heterocycles. The van der Waals surface area contributed by atoms with Gasteiger partial charge in [0.05, 0.1) is 5.02 Å². The van der Waals surface area contributed by atoms with Gasteiger partial charge in [-0.2, -0.15) is 0 Å². The lowest BCUT2D eigenvalue weighted by atomic mass is 10.1. The van der Waals surface area contributed by atoms with Crippen molar-refractivity contribution in [1.82, 2.24) is 0 Å².